The number of nitrogens with one attached hydrogen (secondary N) is 1. The Morgan fingerprint density at radius 2 is 2.24 bits per heavy atom. The van der Waals surface area contributed by atoms with Crippen molar-refractivity contribution in [2.45, 2.75) is 52.6 Å². The van der Waals surface area contributed by atoms with Gasteiger partial charge in [0.2, 0.25) is 0 Å². The summed E-state index contributed by atoms with van der Waals surface area (Å²) in [6.07, 6.45) is 1.84. The molecule has 17 heavy (non-hydrogen) atoms. The lowest BCUT2D eigenvalue weighted by Crippen LogP contribution is -2.58. The normalized spacial score (nSPS) is 25.1. The van der Waals surface area contributed by atoms with E-state index in [9.17, 15) is 4.79 Å². The van der Waals surface area contributed by atoms with Crippen molar-refractivity contribution >= 4 is 6.09 Å². The van der Waals surface area contributed by atoms with Gasteiger partial charge in [-0.15, -0.1) is 0 Å². The third-order valence-corrected chi connectivity index (χ3v) is 3.36. The lowest BCUT2D eigenvalue weighted by Gasteiger charge is -2.39. The number of piperazine rings is 1. The molecule has 0 spiro atoms. The minimum absolute atomic E-state index is 0.155. The van der Waals surface area contributed by atoms with E-state index in [0.29, 0.717) is 18.6 Å². The lowest BCUT2D eigenvalue weighted by molar-refractivity contribution is 0.0659. The van der Waals surface area contributed by atoms with E-state index < -0.39 is 0 Å². The van der Waals surface area contributed by atoms with E-state index >= 15 is 0 Å². The van der Waals surface area contributed by atoms with Gasteiger partial charge in [0.1, 0.15) is 0 Å². The molecule has 1 N–H and O–H groups in total. The molecule has 1 amide bonds. The van der Waals surface area contributed by atoms with Gasteiger partial charge in [-0.05, 0) is 19.3 Å². The second-order valence-corrected chi connectivity index (χ2v) is 5.23. The summed E-state index contributed by atoms with van der Waals surface area (Å²) in [7, 11) is 0. The summed E-state index contributed by atoms with van der Waals surface area (Å²) in [4.78, 5) is 13.8. The SMILES string of the molecule is CCCCOC(=O)N1CC(C(C)C)NCC1C. The zero-order valence-electron chi connectivity index (χ0n) is 11.5. The first kappa shape index (κ1) is 14.3. The minimum Gasteiger partial charge on any atom is -0.449 e. The predicted octanol–water partition coefficient (Wildman–Crippen LogP) is 2.24. The van der Waals surface area contributed by atoms with Crippen LogP contribution in [0.2, 0.25) is 0 Å². The highest BCUT2D eigenvalue weighted by Crippen LogP contribution is 2.13. The van der Waals surface area contributed by atoms with Crippen LogP contribution in [0.25, 0.3) is 0 Å². The van der Waals surface area contributed by atoms with E-state index in [1.807, 2.05) is 4.90 Å². The summed E-state index contributed by atoms with van der Waals surface area (Å²) in [6.45, 7) is 10.6. The van der Waals surface area contributed by atoms with Gasteiger partial charge in [-0.3, -0.25) is 0 Å². The predicted molar refractivity (Wildman–Crippen MR) is 69.1 cm³/mol. The number of amides is 1. The van der Waals surface area contributed by atoms with Crippen molar-refractivity contribution < 1.29 is 9.53 Å². The van der Waals surface area contributed by atoms with E-state index in [0.717, 1.165) is 25.9 Å². The second kappa shape index (κ2) is 6.84. The summed E-state index contributed by atoms with van der Waals surface area (Å²) in [5, 5.41) is 3.47. The summed E-state index contributed by atoms with van der Waals surface area (Å²) < 4.78 is 5.28. The Morgan fingerprint density at radius 3 is 2.82 bits per heavy atom. The summed E-state index contributed by atoms with van der Waals surface area (Å²) in [5.41, 5.74) is 0. The zero-order chi connectivity index (χ0) is 12.8. The fourth-order valence-electron chi connectivity index (χ4n) is 1.98. The molecule has 1 fully saturated rings. The van der Waals surface area contributed by atoms with Crippen LogP contribution >= 0.6 is 0 Å². The molecular weight excluding hydrogens is 216 g/mol. The van der Waals surface area contributed by atoms with Crippen molar-refractivity contribution in [2.24, 2.45) is 5.92 Å². The average molecular weight is 242 g/mol. The van der Waals surface area contributed by atoms with Crippen molar-refractivity contribution in [3.63, 3.8) is 0 Å². The van der Waals surface area contributed by atoms with Crippen LogP contribution in [0.1, 0.15) is 40.5 Å². The highest BCUT2D eigenvalue weighted by atomic mass is 16.6. The number of rotatable bonds is 4. The molecule has 1 aliphatic heterocycles. The Bertz CT molecular complexity index is 244. The van der Waals surface area contributed by atoms with Gasteiger partial charge < -0.3 is 15.0 Å². The largest absolute Gasteiger partial charge is 0.449 e. The Balaban J connectivity index is 2.45. The second-order valence-electron chi connectivity index (χ2n) is 5.23. The molecule has 1 saturated heterocycles. The number of ether oxygens (including phenoxy) is 1. The van der Waals surface area contributed by atoms with Crippen molar-refractivity contribution in [1.29, 1.82) is 0 Å². The van der Waals surface area contributed by atoms with Crippen molar-refractivity contribution in [3.05, 3.63) is 0 Å². The fraction of sp³-hybridized carbons (Fsp3) is 0.923. The van der Waals surface area contributed by atoms with Gasteiger partial charge in [-0.1, -0.05) is 27.2 Å². The Morgan fingerprint density at radius 1 is 1.53 bits per heavy atom. The molecule has 0 aromatic rings. The zero-order valence-corrected chi connectivity index (χ0v) is 11.5. The van der Waals surface area contributed by atoms with Gasteiger partial charge in [-0.25, -0.2) is 4.79 Å². The minimum atomic E-state index is -0.155. The quantitative estimate of drug-likeness (QED) is 0.769. The van der Waals surface area contributed by atoms with Gasteiger partial charge in [0.15, 0.2) is 0 Å². The third kappa shape index (κ3) is 4.19. The van der Waals surface area contributed by atoms with E-state index in [1.165, 1.54) is 0 Å². The van der Waals surface area contributed by atoms with Crippen LogP contribution in [0.3, 0.4) is 0 Å². The van der Waals surface area contributed by atoms with Crippen molar-refractivity contribution in [2.75, 3.05) is 19.7 Å². The van der Waals surface area contributed by atoms with Gasteiger partial charge >= 0.3 is 6.09 Å². The molecule has 4 nitrogen and oxygen atoms in total. The number of hydrogen-bond acceptors (Lipinski definition) is 3. The maximum atomic E-state index is 11.9. The van der Waals surface area contributed by atoms with Crippen LogP contribution in [0, 0.1) is 5.92 Å². The molecule has 4 heteroatoms. The number of carbonyl (C=O) groups is 1. The van der Waals surface area contributed by atoms with Crippen LogP contribution in [0.5, 0.6) is 0 Å². The van der Waals surface area contributed by atoms with Crippen LogP contribution < -0.4 is 5.32 Å². The molecule has 0 aromatic heterocycles. The molecule has 1 aliphatic rings. The molecule has 2 unspecified atom stereocenters. The molecule has 0 aromatic carbocycles. The molecule has 1 rings (SSSR count). The molecule has 0 bridgehead atoms. The molecule has 0 saturated carbocycles. The smallest absolute Gasteiger partial charge is 0.410 e. The summed E-state index contributed by atoms with van der Waals surface area (Å²) >= 11 is 0. The first-order valence-corrected chi connectivity index (χ1v) is 6.73. The Hall–Kier alpha value is -0.770. The van der Waals surface area contributed by atoms with Crippen molar-refractivity contribution in [1.82, 2.24) is 10.2 Å². The maximum absolute atomic E-state index is 11.9. The van der Waals surface area contributed by atoms with Gasteiger partial charge in [-0.2, -0.15) is 0 Å². The van der Waals surface area contributed by atoms with E-state index in [4.69, 9.17) is 4.74 Å². The molecule has 0 radical (unpaired) electrons. The van der Waals surface area contributed by atoms with Gasteiger partial charge in [0.05, 0.1) is 6.61 Å². The van der Waals surface area contributed by atoms with Crippen LogP contribution in [-0.4, -0.2) is 42.8 Å². The van der Waals surface area contributed by atoms with E-state index in [2.05, 4.69) is 33.0 Å². The van der Waals surface area contributed by atoms with Crippen LogP contribution in [0.15, 0.2) is 0 Å². The monoisotopic (exact) mass is 242 g/mol. The van der Waals surface area contributed by atoms with Crippen LogP contribution in [-0.2, 0) is 4.74 Å². The van der Waals surface area contributed by atoms with Crippen LogP contribution in [0.4, 0.5) is 4.79 Å². The fourth-order valence-corrected chi connectivity index (χ4v) is 1.98. The van der Waals surface area contributed by atoms with E-state index in [-0.39, 0.29) is 12.1 Å². The molecular formula is C13H26N2O2. The number of unbranched alkanes of at least 4 members (excludes halogenated alkanes) is 1. The highest BCUT2D eigenvalue weighted by molar-refractivity contribution is 5.68. The topological polar surface area (TPSA) is 41.6 Å². The standard InChI is InChI=1S/C13H26N2O2/c1-5-6-7-17-13(16)15-9-12(10(2)3)14-8-11(15)4/h10-12,14H,5-9H2,1-4H3. The Kier molecular flexibility index (Phi) is 5.75. The average Bonchev–Trinajstić information content (AvgIpc) is 2.29. The third-order valence-electron chi connectivity index (χ3n) is 3.36. The molecule has 0 aliphatic carbocycles. The molecule has 100 valence electrons. The lowest BCUT2D eigenvalue weighted by atomic mass is 10.0. The van der Waals surface area contributed by atoms with Gasteiger partial charge in [0.25, 0.3) is 0 Å². The first-order valence-electron chi connectivity index (χ1n) is 6.73. The Labute approximate surface area is 105 Å². The maximum Gasteiger partial charge on any atom is 0.410 e. The highest BCUT2D eigenvalue weighted by Gasteiger charge is 2.30. The number of hydrogen-bond donors (Lipinski definition) is 1. The molecule has 2 atom stereocenters. The summed E-state index contributed by atoms with van der Waals surface area (Å²) in [6, 6.07) is 0.601. The number of nitrogens with zero attached hydrogens (tertiary/aromatic N) is 1. The number of carbonyl (C=O) groups excluding carboxylic acids is 1. The first-order chi connectivity index (χ1) is 8.06. The molecule has 1 heterocycles. The van der Waals surface area contributed by atoms with E-state index in [1.54, 1.807) is 0 Å². The summed E-state index contributed by atoms with van der Waals surface area (Å²) in [5.74, 6) is 0.536. The van der Waals surface area contributed by atoms with Gasteiger partial charge in [0, 0.05) is 25.2 Å². The van der Waals surface area contributed by atoms with Crippen molar-refractivity contribution in [3.8, 4) is 0 Å².